The molecule has 0 heterocycles. The van der Waals surface area contributed by atoms with Crippen molar-refractivity contribution >= 4 is 29.2 Å². The lowest BCUT2D eigenvalue weighted by Gasteiger charge is -2.07. The van der Waals surface area contributed by atoms with E-state index < -0.39 is 0 Å². The van der Waals surface area contributed by atoms with Gasteiger partial charge in [0.15, 0.2) is 0 Å². The van der Waals surface area contributed by atoms with E-state index in [1.807, 2.05) is 72.8 Å². The van der Waals surface area contributed by atoms with Crippen molar-refractivity contribution in [1.29, 1.82) is 0 Å². The van der Waals surface area contributed by atoms with E-state index in [2.05, 4.69) is 10.0 Å². The largest absolute Gasteiger partial charge is 0.326 e. The Balaban J connectivity index is 1.58. The molecule has 0 saturated carbocycles. The van der Waals surface area contributed by atoms with Gasteiger partial charge in [-0.05, 0) is 60.5 Å². The van der Waals surface area contributed by atoms with Gasteiger partial charge in [0.2, 0.25) is 0 Å². The molecule has 0 unspecified atom stereocenters. The number of carbonyl (C=O) groups is 1. The number of anilines is 2. The topological polar surface area (TPSA) is 41.1 Å². The van der Waals surface area contributed by atoms with Gasteiger partial charge >= 0.3 is 0 Å². The highest BCUT2D eigenvalue weighted by atomic mass is 32.2. The number of benzene rings is 3. The lowest BCUT2D eigenvalue weighted by Crippen LogP contribution is -2.11. The normalized spacial score (nSPS) is 10.1. The number of rotatable bonds is 5. The quantitative estimate of drug-likeness (QED) is 0.646. The van der Waals surface area contributed by atoms with E-state index in [1.54, 1.807) is 12.1 Å². The van der Waals surface area contributed by atoms with Crippen molar-refractivity contribution in [2.45, 2.75) is 4.90 Å². The zero-order valence-corrected chi connectivity index (χ0v) is 13.2. The zero-order chi connectivity index (χ0) is 15.9. The number of carbonyl (C=O) groups excluding carboxylic acids is 1. The van der Waals surface area contributed by atoms with Gasteiger partial charge in [0.25, 0.3) is 5.91 Å². The minimum Gasteiger partial charge on any atom is -0.326 e. The smallest absolute Gasteiger partial charge is 0.255 e. The average Bonchev–Trinajstić information content (AvgIpc) is 2.63. The summed E-state index contributed by atoms with van der Waals surface area (Å²) < 4.78 is 3.28. The molecular weight excluding hydrogens is 304 g/mol. The van der Waals surface area contributed by atoms with Crippen molar-refractivity contribution in [3.63, 3.8) is 0 Å². The zero-order valence-electron chi connectivity index (χ0n) is 12.4. The monoisotopic (exact) mass is 320 g/mol. The molecule has 0 saturated heterocycles. The lowest BCUT2D eigenvalue weighted by molar-refractivity contribution is 0.102. The van der Waals surface area contributed by atoms with E-state index in [0.717, 1.165) is 16.3 Å². The van der Waals surface area contributed by atoms with E-state index in [-0.39, 0.29) is 5.91 Å². The van der Waals surface area contributed by atoms with Gasteiger partial charge in [-0.15, -0.1) is 0 Å². The molecule has 2 N–H and O–H groups in total. The molecule has 3 nitrogen and oxygen atoms in total. The summed E-state index contributed by atoms with van der Waals surface area (Å²) in [6, 6.07) is 26.9. The van der Waals surface area contributed by atoms with Crippen molar-refractivity contribution < 1.29 is 4.79 Å². The van der Waals surface area contributed by atoms with Crippen LogP contribution >= 0.6 is 11.9 Å². The fraction of sp³-hybridized carbons (Fsp3) is 0. The minimum atomic E-state index is -0.103. The minimum absolute atomic E-state index is 0.103. The van der Waals surface area contributed by atoms with Crippen LogP contribution in [0.4, 0.5) is 11.4 Å². The molecule has 0 spiro atoms. The third kappa shape index (κ3) is 4.37. The van der Waals surface area contributed by atoms with Crippen molar-refractivity contribution in [2.24, 2.45) is 0 Å². The number of nitrogens with one attached hydrogen (secondary N) is 2. The van der Waals surface area contributed by atoms with Crippen LogP contribution < -0.4 is 10.0 Å². The first-order valence-electron chi connectivity index (χ1n) is 7.26. The van der Waals surface area contributed by atoms with Gasteiger partial charge in [0.1, 0.15) is 0 Å². The molecule has 0 atom stereocenters. The maximum atomic E-state index is 12.1. The Morgan fingerprint density at radius 2 is 1.30 bits per heavy atom. The van der Waals surface area contributed by atoms with Gasteiger partial charge in [-0.25, -0.2) is 0 Å². The van der Waals surface area contributed by atoms with Gasteiger partial charge in [0, 0.05) is 21.8 Å². The summed E-state index contributed by atoms with van der Waals surface area (Å²) in [4.78, 5) is 13.2. The predicted octanol–water partition coefficient (Wildman–Crippen LogP) is 5.06. The highest BCUT2D eigenvalue weighted by Gasteiger charge is 2.05. The van der Waals surface area contributed by atoms with Gasteiger partial charge in [-0.1, -0.05) is 36.4 Å². The summed E-state index contributed by atoms with van der Waals surface area (Å²) in [6.07, 6.45) is 0. The SMILES string of the molecule is O=C(Nc1ccc(SNc2ccccc2)cc1)c1ccccc1. The highest BCUT2D eigenvalue weighted by molar-refractivity contribution is 8.00. The second kappa shape index (κ2) is 7.51. The van der Waals surface area contributed by atoms with E-state index >= 15 is 0 Å². The Morgan fingerprint density at radius 3 is 1.96 bits per heavy atom. The van der Waals surface area contributed by atoms with Crippen LogP contribution in [0, 0.1) is 0 Å². The molecule has 0 bridgehead atoms. The Kier molecular flexibility index (Phi) is 4.96. The van der Waals surface area contributed by atoms with E-state index in [0.29, 0.717) is 5.56 Å². The first-order valence-corrected chi connectivity index (χ1v) is 8.07. The highest BCUT2D eigenvalue weighted by Crippen LogP contribution is 2.22. The summed E-state index contributed by atoms with van der Waals surface area (Å²) in [6.45, 7) is 0. The molecule has 4 heteroatoms. The summed E-state index contributed by atoms with van der Waals surface area (Å²) >= 11 is 1.53. The fourth-order valence-electron chi connectivity index (χ4n) is 2.02. The molecule has 3 aromatic carbocycles. The van der Waals surface area contributed by atoms with Crippen molar-refractivity contribution in [3.05, 3.63) is 90.5 Å². The molecule has 3 rings (SSSR count). The van der Waals surface area contributed by atoms with Crippen LogP contribution in [-0.2, 0) is 0 Å². The molecule has 0 fully saturated rings. The van der Waals surface area contributed by atoms with Gasteiger partial charge in [-0.2, -0.15) is 0 Å². The number of hydrogen-bond donors (Lipinski definition) is 2. The third-order valence-corrected chi connectivity index (χ3v) is 4.05. The molecule has 23 heavy (non-hydrogen) atoms. The van der Waals surface area contributed by atoms with Crippen LogP contribution in [0.2, 0.25) is 0 Å². The predicted molar refractivity (Wildman–Crippen MR) is 96.8 cm³/mol. The fourth-order valence-corrected chi connectivity index (χ4v) is 2.67. The molecule has 0 aliphatic heterocycles. The molecule has 0 aliphatic rings. The molecule has 114 valence electrons. The number of hydrogen-bond acceptors (Lipinski definition) is 3. The van der Waals surface area contributed by atoms with Crippen molar-refractivity contribution in [3.8, 4) is 0 Å². The van der Waals surface area contributed by atoms with Gasteiger partial charge in [-0.3, -0.25) is 4.79 Å². The van der Waals surface area contributed by atoms with Crippen LogP contribution in [0.1, 0.15) is 10.4 Å². The van der Waals surface area contributed by atoms with Crippen LogP contribution in [0.5, 0.6) is 0 Å². The van der Waals surface area contributed by atoms with Gasteiger partial charge in [0.05, 0.1) is 0 Å². The maximum absolute atomic E-state index is 12.1. The van der Waals surface area contributed by atoms with Gasteiger partial charge < -0.3 is 10.0 Å². The second-order valence-electron chi connectivity index (χ2n) is 4.91. The van der Waals surface area contributed by atoms with Crippen molar-refractivity contribution in [1.82, 2.24) is 0 Å². The van der Waals surface area contributed by atoms with E-state index in [9.17, 15) is 4.79 Å². The summed E-state index contributed by atoms with van der Waals surface area (Å²) in [5.41, 5.74) is 2.48. The van der Waals surface area contributed by atoms with Crippen molar-refractivity contribution in [2.75, 3.05) is 10.0 Å². The van der Waals surface area contributed by atoms with Crippen LogP contribution in [0.25, 0.3) is 0 Å². The number of amides is 1. The van der Waals surface area contributed by atoms with E-state index in [4.69, 9.17) is 0 Å². The molecule has 0 radical (unpaired) electrons. The standard InChI is InChI=1S/C19H16N2OS/c22-19(15-7-3-1-4-8-15)20-16-11-13-18(14-12-16)23-21-17-9-5-2-6-10-17/h1-14,21H,(H,20,22). The maximum Gasteiger partial charge on any atom is 0.255 e. The molecule has 1 amide bonds. The van der Waals surface area contributed by atoms with E-state index in [1.165, 1.54) is 11.9 Å². The molecule has 3 aromatic rings. The Bertz CT molecular complexity index is 758. The third-order valence-electron chi connectivity index (χ3n) is 3.21. The average molecular weight is 320 g/mol. The Hall–Kier alpha value is -2.72. The molecule has 0 aliphatic carbocycles. The molecular formula is C19H16N2OS. The van der Waals surface area contributed by atoms with Crippen LogP contribution in [-0.4, -0.2) is 5.91 Å². The summed E-state index contributed by atoms with van der Waals surface area (Å²) in [7, 11) is 0. The molecule has 0 aromatic heterocycles. The van der Waals surface area contributed by atoms with Crippen LogP contribution in [0.3, 0.4) is 0 Å². The first kappa shape index (κ1) is 15.2. The summed E-state index contributed by atoms with van der Waals surface area (Å²) in [5.74, 6) is -0.103. The lowest BCUT2D eigenvalue weighted by atomic mass is 10.2. The Labute approximate surface area is 139 Å². The number of para-hydroxylation sites is 1. The first-order chi connectivity index (χ1) is 11.3. The Morgan fingerprint density at radius 1 is 0.696 bits per heavy atom. The van der Waals surface area contributed by atoms with Crippen LogP contribution in [0.15, 0.2) is 89.8 Å². The summed E-state index contributed by atoms with van der Waals surface area (Å²) in [5, 5.41) is 2.89. The second-order valence-corrected chi connectivity index (χ2v) is 5.79.